The fraction of sp³-hybridized carbons (Fsp3) is 0. The van der Waals surface area contributed by atoms with Gasteiger partial charge in [-0.15, -0.1) is 0 Å². The second-order valence-corrected chi connectivity index (χ2v) is 20.3. The summed E-state index contributed by atoms with van der Waals surface area (Å²) in [6, 6.07) is 95.4. The first-order chi connectivity index (χ1) is 40.2. The van der Waals surface area contributed by atoms with Crippen LogP contribution in [-0.2, 0) is 0 Å². The van der Waals surface area contributed by atoms with E-state index in [9.17, 15) is 0 Å². The highest BCUT2D eigenvalue weighted by Crippen LogP contribution is 2.42. The van der Waals surface area contributed by atoms with Gasteiger partial charge >= 0.3 is 0 Å². The largest absolute Gasteiger partial charge is 0.309 e. The molecule has 0 N–H and O–H groups in total. The van der Waals surface area contributed by atoms with E-state index in [2.05, 4.69) is 165 Å². The van der Waals surface area contributed by atoms with Crippen LogP contribution in [0.5, 0.6) is 0 Å². The third kappa shape index (κ3) is 7.70. The Bertz CT molecular complexity index is 4710. The highest BCUT2D eigenvalue weighted by Gasteiger charge is 2.24. The molecule has 16 rings (SSSR count). The molecule has 0 bridgehead atoms. The number of nitrogens with zero attached hydrogens (tertiary/aromatic N) is 9. The van der Waals surface area contributed by atoms with Gasteiger partial charge in [0.1, 0.15) is 0 Å². The number of rotatable bonds is 9. The van der Waals surface area contributed by atoms with Crippen LogP contribution in [0.15, 0.2) is 273 Å². The summed E-state index contributed by atoms with van der Waals surface area (Å²) in [6.45, 7) is 0. The lowest BCUT2D eigenvalue weighted by Gasteiger charge is -2.17. The average Bonchev–Trinajstić information content (AvgIpc) is 3.52. The lowest BCUT2D eigenvalue weighted by Crippen LogP contribution is -2.05. The van der Waals surface area contributed by atoms with Gasteiger partial charge in [0.15, 0.2) is 34.9 Å². The smallest absolute Gasteiger partial charge is 0.166 e. The lowest BCUT2D eigenvalue weighted by atomic mass is 10.1. The maximum absolute atomic E-state index is 5.45. The normalized spacial score (nSPS) is 11.7. The monoisotopic (exact) mass is 1040 g/mol. The van der Waals surface area contributed by atoms with E-state index >= 15 is 0 Å². The minimum atomic E-state index is 0.493. The predicted octanol–water partition coefficient (Wildman–Crippen LogP) is 17.3. The number of benzene rings is 11. The van der Waals surface area contributed by atoms with E-state index in [1.165, 1.54) is 21.5 Å². The highest BCUT2D eigenvalue weighted by molar-refractivity contribution is 6.14. The van der Waals surface area contributed by atoms with Gasteiger partial charge in [0.2, 0.25) is 0 Å². The van der Waals surface area contributed by atoms with Gasteiger partial charge in [-0.3, -0.25) is 0 Å². The zero-order valence-corrected chi connectivity index (χ0v) is 43.5. The third-order valence-electron chi connectivity index (χ3n) is 15.5. The van der Waals surface area contributed by atoms with Gasteiger partial charge in [-0.25, -0.2) is 29.9 Å². The number of hydrogen-bond acceptors (Lipinski definition) is 6. The molecular formula is C72H45N9. The molecule has 9 heteroatoms. The molecule has 0 fully saturated rings. The Hall–Kier alpha value is -11.2. The van der Waals surface area contributed by atoms with E-state index < -0.39 is 0 Å². The van der Waals surface area contributed by atoms with Crippen molar-refractivity contribution in [2.24, 2.45) is 0 Å². The van der Waals surface area contributed by atoms with Gasteiger partial charge in [0, 0.05) is 77.1 Å². The van der Waals surface area contributed by atoms with Crippen LogP contribution in [0, 0.1) is 0 Å². The van der Waals surface area contributed by atoms with Crippen LogP contribution in [0.1, 0.15) is 0 Å². The fourth-order valence-electron chi connectivity index (χ4n) is 11.9. The summed E-state index contributed by atoms with van der Waals surface area (Å²) in [6.07, 6.45) is 0. The molecule has 0 spiro atoms. The average molecular weight is 1040 g/mol. The summed E-state index contributed by atoms with van der Waals surface area (Å²) >= 11 is 0. The van der Waals surface area contributed by atoms with E-state index in [4.69, 9.17) is 29.9 Å². The van der Waals surface area contributed by atoms with Crippen molar-refractivity contribution in [3.8, 4) is 85.4 Å². The van der Waals surface area contributed by atoms with Crippen LogP contribution < -0.4 is 0 Å². The molecule has 0 aliphatic rings. The van der Waals surface area contributed by atoms with E-state index in [-0.39, 0.29) is 0 Å². The van der Waals surface area contributed by atoms with Crippen LogP contribution in [-0.4, -0.2) is 43.6 Å². The molecule has 0 saturated heterocycles. The maximum atomic E-state index is 5.45. The zero-order valence-electron chi connectivity index (χ0n) is 43.5. The molecule has 16 aromatic rings. The molecule has 11 aromatic carbocycles. The SMILES string of the molecule is c1ccc(-c2nc(-c3ccccc3)nc(-c3ccc(-n4c5cc(-n6c7ccccc7c7ccccc76)ccc5c5ccc(-n6c7ccccc7c7ccccc76)cc54)c(-c4nc(-c5ccccc5)nc(-c5ccccc5)n4)c3)n2)cc1. The number of fused-ring (bicyclic) bond motifs is 9. The Kier molecular flexibility index (Phi) is 10.7. The molecular weight excluding hydrogens is 991 g/mol. The van der Waals surface area contributed by atoms with E-state index in [0.29, 0.717) is 34.9 Å². The quantitative estimate of drug-likeness (QED) is 0.143. The summed E-state index contributed by atoms with van der Waals surface area (Å²) in [4.78, 5) is 31.6. The van der Waals surface area contributed by atoms with Crippen LogP contribution >= 0.6 is 0 Å². The van der Waals surface area contributed by atoms with Crippen LogP contribution in [0.4, 0.5) is 0 Å². The van der Waals surface area contributed by atoms with Crippen molar-refractivity contribution in [3.63, 3.8) is 0 Å². The van der Waals surface area contributed by atoms with Gasteiger partial charge < -0.3 is 13.7 Å². The van der Waals surface area contributed by atoms with E-state index in [1.807, 2.05) is 121 Å². The molecule has 81 heavy (non-hydrogen) atoms. The first-order valence-corrected chi connectivity index (χ1v) is 27.1. The van der Waals surface area contributed by atoms with E-state index in [1.54, 1.807) is 0 Å². The minimum Gasteiger partial charge on any atom is -0.309 e. The lowest BCUT2D eigenvalue weighted by molar-refractivity contribution is 1.06. The fourth-order valence-corrected chi connectivity index (χ4v) is 11.9. The summed E-state index contributed by atoms with van der Waals surface area (Å²) < 4.78 is 7.18. The first-order valence-electron chi connectivity index (χ1n) is 27.1. The third-order valence-corrected chi connectivity index (χ3v) is 15.5. The standard InChI is InChI=1S/C72H45N9/c1-5-21-46(22-6-1)67-73-68(47-23-7-2-8-24-47)76-71(75-67)50-37-42-64(59(43-50)72-77-69(48-25-9-3-10-26-48)74-70(78-72)49-27-11-4-12-28-49)81-65-44-51(79-60-33-17-13-29-53(60)54-30-14-18-34-61(54)79)38-40-57(65)58-41-39-52(45-66(58)81)80-62-35-19-15-31-55(62)56-32-16-20-36-63(56)80/h1-45H. The van der Waals surface area contributed by atoms with Gasteiger partial charge in [-0.2, -0.15) is 0 Å². The Balaban J connectivity index is 1.02. The minimum absolute atomic E-state index is 0.493. The maximum Gasteiger partial charge on any atom is 0.166 e. The molecule has 0 unspecified atom stereocenters. The molecule has 0 aliphatic carbocycles. The summed E-state index contributed by atoms with van der Waals surface area (Å²) in [5.74, 6) is 3.26. The molecule has 0 radical (unpaired) electrons. The summed E-state index contributed by atoms with van der Waals surface area (Å²) in [5.41, 5.74) is 14.5. The molecule has 0 amide bonds. The molecule has 5 heterocycles. The molecule has 378 valence electrons. The second-order valence-electron chi connectivity index (χ2n) is 20.3. The second kappa shape index (κ2) is 18.8. The van der Waals surface area contributed by atoms with Crippen molar-refractivity contribution in [1.82, 2.24) is 43.6 Å². The Morgan fingerprint density at radius 1 is 0.198 bits per heavy atom. The van der Waals surface area contributed by atoms with Crippen molar-refractivity contribution in [2.45, 2.75) is 0 Å². The Labute approximate surface area is 465 Å². The molecule has 0 atom stereocenters. The number of hydrogen-bond donors (Lipinski definition) is 0. The van der Waals surface area contributed by atoms with Crippen molar-refractivity contribution >= 4 is 65.4 Å². The number of para-hydroxylation sites is 4. The molecule has 5 aromatic heterocycles. The van der Waals surface area contributed by atoms with E-state index in [0.717, 1.165) is 94.3 Å². The van der Waals surface area contributed by atoms with Crippen molar-refractivity contribution < 1.29 is 0 Å². The molecule has 9 nitrogen and oxygen atoms in total. The Morgan fingerprint density at radius 3 is 0.852 bits per heavy atom. The van der Waals surface area contributed by atoms with Gasteiger partial charge in [0.25, 0.3) is 0 Å². The summed E-state index contributed by atoms with van der Waals surface area (Å²) in [7, 11) is 0. The predicted molar refractivity (Wildman–Crippen MR) is 329 cm³/mol. The molecule has 0 aliphatic heterocycles. The van der Waals surface area contributed by atoms with Crippen molar-refractivity contribution in [3.05, 3.63) is 273 Å². The Morgan fingerprint density at radius 2 is 0.494 bits per heavy atom. The zero-order chi connectivity index (χ0) is 53.4. The molecule has 0 saturated carbocycles. The van der Waals surface area contributed by atoms with Gasteiger partial charge in [-0.05, 0) is 66.7 Å². The summed E-state index contributed by atoms with van der Waals surface area (Å²) in [5, 5.41) is 6.99. The topological polar surface area (TPSA) is 92.1 Å². The first kappa shape index (κ1) is 46.0. The van der Waals surface area contributed by atoms with Crippen LogP contribution in [0.25, 0.3) is 151 Å². The van der Waals surface area contributed by atoms with Crippen molar-refractivity contribution in [1.29, 1.82) is 0 Å². The van der Waals surface area contributed by atoms with Gasteiger partial charge in [0.05, 0.1) is 38.8 Å². The highest BCUT2D eigenvalue weighted by atomic mass is 15.1. The van der Waals surface area contributed by atoms with Crippen molar-refractivity contribution in [2.75, 3.05) is 0 Å². The van der Waals surface area contributed by atoms with Crippen LogP contribution in [0.2, 0.25) is 0 Å². The van der Waals surface area contributed by atoms with Gasteiger partial charge in [-0.1, -0.05) is 206 Å². The number of aromatic nitrogens is 9. The van der Waals surface area contributed by atoms with Crippen LogP contribution in [0.3, 0.4) is 0 Å².